The first-order valence-electron chi connectivity index (χ1n) is 4.03. The zero-order valence-electron chi connectivity index (χ0n) is 7.73. The monoisotopic (exact) mass is 223 g/mol. The van der Waals surface area contributed by atoms with Gasteiger partial charge in [0, 0.05) is 20.1 Å². The molecule has 0 spiro atoms. The molecule has 82 valence electrons. The minimum absolute atomic E-state index is 0.128. The third kappa shape index (κ3) is 1.87. The number of hydrogen-bond acceptors (Lipinski definition) is 4. The van der Waals surface area contributed by atoms with E-state index in [2.05, 4.69) is 4.72 Å². The summed E-state index contributed by atoms with van der Waals surface area (Å²) < 4.78 is 25.7. The van der Waals surface area contributed by atoms with Crippen molar-refractivity contribution in [3.05, 3.63) is 0 Å². The Morgan fingerprint density at radius 3 is 2.57 bits per heavy atom. The molecule has 1 saturated heterocycles. The van der Waals surface area contributed by atoms with Crippen LogP contribution in [0.4, 0.5) is 0 Å². The second kappa shape index (κ2) is 3.46. The van der Waals surface area contributed by atoms with Crippen LogP contribution in [0.1, 0.15) is 6.42 Å². The van der Waals surface area contributed by atoms with Gasteiger partial charge in [-0.25, -0.2) is 4.72 Å². The molecular formula is C6H13N3O4S. The molecule has 0 aromatic carbocycles. The number of nitrogens with two attached hydrogens (primary N) is 1. The standard InChI is InChI=1S/C6H13N3O4S/c1-8-14(12,13)9-3-2-6(7,4-9)5(10)11/h8H,2-4,7H2,1H3,(H,10,11). The minimum Gasteiger partial charge on any atom is -0.480 e. The molecule has 4 N–H and O–H groups in total. The lowest BCUT2D eigenvalue weighted by molar-refractivity contribution is -0.142. The summed E-state index contributed by atoms with van der Waals surface area (Å²) in [7, 11) is -2.29. The first kappa shape index (κ1) is 11.4. The highest BCUT2D eigenvalue weighted by Gasteiger charge is 2.44. The molecular weight excluding hydrogens is 210 g/mol. The Bertz CT molecular complexity index is 341. The van der Waals surface area contributed by atoms with Gasteiger partial charge in [-0.1, -0.05) is 0 Å². The van der Waals surface area contributed by atoms with Crippen LogP contribution >= 0.6 is 0 Å². The van der Waals surface area contributed by atoms with E-state index in [0.717, 1.165) is 4.31 Å². The van der Waals surface area contributed by atoms with Gasteiger partial charge in [0.25, 0.3) is 10.2 Å². The van der Waals surface area contributed by atoms with Crippen LogP contribution in [0.15, 0.2) is 0 Å². The molecule has 1 heterocycles. The quantitative estimate of drug-likeness (QED) is 0.509. The number of carboxylic acids is 1. The molecule has 0 aromatic rings. The summed E-state index contributed by atoms with van der Waals surface area (Å²) >= 11 is 0. The van der Waals surface area contributed by atoms with Crippen LogP contribution in [0.2, 0.25) is 0 Å². The average molecular weight is 223 g/mol. The van der Waals surface area contributed by atoms with E-state index in [4.69, 9.17) is 10.8 Å². The van der Waals surface area contributed by atoms with E-state index in [1.807, 2.05) is 0 Å². The Balaban J connectivity index is 2.81. The number of carboxylic acid groups (broad SMARTS) is 1. The summed E-state index contributed by atoms with van der Waals surface area (Å²) in [5, 5.41) is 8.76. The first-order chi connectivity index (χ1) is 6.32. The van der Waals surface area contributed by atoms with E-state index in [0.29, 0.717) is 0 Å². The van der Waals surface area contributed by atoms with E-state index in [1.165, 1.54) is 7.05 Å². The molecule has 0 bridgehead atoms. The van der Waals surface area contributed by atoms with Crippen molar-refractivity contribution in [3.8, 4) is 0 Å². The number of carbonyl (C=O) groups is 1. The Kier molecular flexibility index (Phi) is 2.81. The number of nitrogens with one attached hydrogen (secondary N) is 1. The van der Waals surface area contributed by atoms with Crippen LogP contribution in [0.5, 0.6) is 0 Å². The van der Waals surface area contributed by atoms with Crippen molar-refractivity contribution in [1.82, 2.24) is 9.03 Å². The van der Waals surface area contributed by atoms with E-state index in [-0.39, 0.29) is 19.5 Å². The highest BCUT2D eigenvalue weighted by atomic mass is 32.2. The van der Waals surface area contributed by atoms with Gasteiger partial charge in [0.1, 0.15) is 5.54 Å². The van der Waals surface area contributed by atoms with Crippen molar-refractivity contribution in [3.63, 3.8) is 0 Å². The third-order valence-corrected chi connectivity index (χ3v) is 3.80. The van der Waals surface area contributed by atoms with E-state index in [9.17, 15) is 13.2 Å². The fourth-order valence-electron chi connectivity index (χ4n) is 1.31. The van der Waals surface area contributed by atoms with Crippen molar-refractivity contribution in [2.24, 2.45) is 5.73 Å². The van der Waals surface area contributed by atoms with Gasteiger partial charge in [-0.05, 0) is 6.42 Å². The van der Waals surface area contributed by atoms with Gasteiger partial charge < -0.3 is 10.8 Å². The lowest BCUT2D eigenvalue weighted by Crippen LogP contribution is -2.51. The number of hydrogen-bond donors (Lipinski definition) is 3. The Labute approximate surface area is 82.1 Å². The molecule has 0 aromatic heterocycles. The lowest BCUT2D eigenvalue weighted by Gasteiger charge is -2.19. The van der Waals surface area contributed by atoms with E-state index < -0.39 is 21.7 Å². The molecule has 7 nitrogen and oxygen atoms in total. The number of nitrogens with zero attached hydrogens (tertiary/aromatic N) is 1. The highest BCUT2D eigenvalue weighted by molar-refractivity contribution is 7.87. The topological polar surface area (TPSA) is 113 Å². The van der Waals surface area contributed by atoms with Gasteiger partial charge in [0.05, 0.1) is 0 Å². The Morgan fingerprint density at radius 1 is 1.64 bits per heavy atom. The number of aliphatic carboxylic acids is 1. The fourth-order valence-corrected chi connectivity index (χ4v) is 2.30. The van der Waals surface area contributed by atoms with Crippen molar-refractivity contribution in [2.45, 2.75) is 12.0 Å². The normalized spacial score (nSPS) is 29.3. The second-order valence-corrected chi connectivity index (χ2v) is 5.13. The fraction of sp³-hybridized carbons (Fsp3) is 0.833. The summed E-state index contributed by atoms with van der Waals surface area (Å²) in [5.41, 5.74) is 4.06. The van der Waals surface area contributed by atoms with Gasteiger partial charge in [-0.2, -0.15) is 12.7 Å². The minimum atomic E-state index is -3.56. The molecule has 1 aliphatic heterocycles. The molecule has 1 rings (SSSR count). The molecule has 0 radical (unpaired) electrons. The van der Waals surface area contributed by atoms with Crippen LogP contribution in [0.3, 0.4) is 0 Å². The summed E-state index contributed by atoms with van der Waals surface area (Å²) in [5.74, 6) is -1.17. The smallest absolute Gasteiger partial charge is 0.325 e. The van der Waals surface area contributed by atoms with E-state index >= 15 is 0 Å². The van der Waals surface area contributed by atoms with Gasteiger partial charge in [0.15, 0.2) is 0 Å². The van der Waals surface area contributed by atoms with E-state index in [1.54, 1.807) is 0 Å². The molecule has 1 fully saturated rings. The van der Waals surface area contributed by atoms with Crippen LogP contribution in [-0.2, 0) is 15.0 Å². The Morgan fingerprint density at radius 2 is 2.21 bits per heavy atom. The SMILES string of the molecule is CNS(=O)(=O)N1CCC(N)(C(=O)O)C1. The molecule has 14 heavy (non-hydrogen) atoms. The summed E-state index contributed by atoms with van der Waals surface area (Å²) in [6.45, 7) is -0.0581. The van der Waals surface area contributed by atoms with Gasteiger partial charge in [0.2, 0.25) is 0 Å². The van der Waals surface area contributed by atoms with Crippen molar-refractivity contribution >= 4 is 16.2 Å². The van der Waals surface area contributed by atoms with Crippen molar-refractivity contribution in [1.29, 1.82) is 0 Å². The Hall–Kier alpha value is -0.700. The molecule has 1 aliphatic rings. The van der Waals surface area contributed by atoms with Crippen LogP contribution in [-0.4, -0.2) is 49.5 Å². The maximum Gasteiger partial charge on any atom is 0.325 e. The second-order valence-electron chi connectivity index (χ2n) is 3.25. The largest absolute Gasteiger partial charge is 0.480 e. The van der Waals surface area contributed by atoms with Gasteiger partial charge in [-0.3, -0.25) is 4.79 Å². The molecule has 1 unspecified atom stereocenters. The van der Waals surface area contributed by atoms with Crippen molar-refractivity contribution < 1.29 is 18.3 Å². The molecule has 8 heteroatoms. The van der Waals surface area contributed by atoms with Crippen LogP contribution in [0, 0.1) is 0 Å². The average Bonchev–Trinajstić information content (AvgIpc) is 2.50. The lowest BCUT2D eigenvalue weighted by atomic mass is 10.0. The maximum absolute atomic E-state index is 11.3. The third-order valence-electron chi connectivity index (χ3n) is 2.29. The maximum atomic E-state index is 11.3. The van der Waals surface area contributed by atoms with Gasteiger partial charge in [-0.15, -0.1) is 0 Å². The zero-order valence-corrected chi connectivity index (χ0v) is 8.54. The zero-order chi connectivity index (χ0) is 11.0. The van der Waals surface area contributed by atoms with Crippen molar-refractivity contribution in [2.75, 3.05) is 20.1 Å². The predicted molar refractivity (Wildman–Crippen MR) is 48.7 cm³/mol. The highest BCUT2D eigenvalue weighted by Crippen LogP contribution is 2.20. The van der Waals surface area contributed by atoms with Gasteiger partial charge >= 0.3 is 5.97 Å². The molecule has 0 amide bonds. The van der Waals surface area contributed by atoms with Crippen LogP contribution in [0.25, 0.3) is 0 Å². The molecule has 0 aliphatic carbocycles. The summed E-state index contributed by atoms with van der Waals surface area (Å²) in [6, 6.07) is 0. The molecule has 0 saturated carbocycles. The first-order valence-corrected chi connectivity index (χ1v) is 5.47. The summed E-state index contributed by atoms with van der Waals surface area (Å²) in [6.07, 6.45) is 0.128. The molecule has 1 atom stereocenters. The number of rotatable bonds is 3. The summed E-state index contributed by atoms with van der Waals surface area (Å²) in [4.78, 5) is 10.7. The predicted octanol–water partition coefficient (Wildman–Crippen LogP) is -2.06. The van der Waals surface area contributed by atoms with Crippen LogP contribution < -0.4 is 10.5 Å².